The van der Waals surface area contributed by atoms with Crippen LogP contribution in [0.3, 0.4) is 0 Å². The number of hydrogen-bond acceptors (Lipinski definition) is 2. The number of hydrogen-bond donors (Lipinski definition) is 1. The van der Waals surface area contributed by atoms with Crippen molar-refractivity contribution in [3.63, 3.8) is 0 Å². The minimum absolute atomic E-state index is 0.00981. The Morgan fingerprint density at radius 3 is 2.82 bits per heavy atom. The van der Waals surface area contributed by atoms with E-state index in [0.717, 1.165) is 17.7 Å². The summed E-state index contributed by atoms with van der Waals surface area (Å²) in [6, 6.07) is 6.65. The Balaban J connectivity index is 2.35. The van der Waals surface area contributed by atoms with E-state index in [4.69, 9.17) is 0 Å². The van der Waals surface area contributed by atoms with Gasteiger partial charge >= 0.3 is 0 Å². The Kier molecular flexibility index (Phi) is 3.54. The molecule has 1 heterocycles. The van der Waals surface area contributed by atoms with Crippen molar-refractivity contribution in [2.45, 2.75) is 13.0 Å². The van der Waals surface area contributed by atoms with E-state index < -0.39 is 0 Å². The second kappa shape index (κ2) is 5.10. The molecule has 0 bridgehead atoms. The highest BCUT2D eigenvalue weighted by Crippen LogP contribution is 2.21. The van der Waals surface area contributed by atoms with Crippen molar-refractivity contribution in [3.8, 4) is 0 Å². The lowest BCUT2D eigenvalue weighted by Gasteiger charge is -2.16. The van der Waals surface area contributed by atoms with Crippen LogP contribution in [0.15, 0.2) is 36.7 Å². The zero-order chi connectivity index (χ0) is 12.3. The monoisotopic (exact) mass is 233 g/mol. The van der Waals surface area contributed by atoms with Crippen LogP contribution in [0.2, 0.25) is 0 Å². The number of nitrogens with zero attached hydrogens (tertiary/aromatic N) is 2. The molecular formula is C13H16FN3. The third kappa shape index (κ3) is 2.71. The standard InChI is InChI=1S/C13H16FN3/c1-3-15-13(11-8-16-17(2)9-11)10-5-4-6-12(14)7-10/h4-9,13,15H,3H2,1-2H3. The molecule has 90 valence electrons. The van der Waals surface area contributed by atoms with E-state index in [1.165, 1.54) is 6.07 Å². The largest absolute Gasteiger partial charge is 0.306 e. The van der Waals surface area contributed by atoms with Crippen LogP contribution >= 0.6 is 0 Å². The maximum absolute atomic E-state index is 13.2. The highest BCUT2D eigenvalue weighted by Gasteiger charge is 2.14. The van der Waals surface area contributed by atoms with Crippen molar-refractivity contribution >= 4 is 0 Å². The average molecular weight is 233 g/mol. The van der Waals surface area contributed by atoms with Crippen molar-refractivity contribution < 1.29 is 4.39 Å². The molecule has 0 aliphatic rings. The first-order valence-electron chi connectivity index (χ1n) is 5.68. The van der Waals surface area contributed by atoms with E-state index >= 15 is 0 Å². The summed E-state index contributed by atoms with van der Waals surface area (Å²) in [5.41, 5.74) is 1.96. The maximum Gasteiger partial charge on any atom is 0.123 e. The molecule has 0 radical (unpaired) electrons. The van der Waals surface area contributed by atoms with Gasteiger partial charge in [-0.05, 0) is 24.2 Å². The fourth-order valence-corrected chi connectivity index (χ4v) is 1.91. The molecule has 3 nitrogen and oxygen atoms in total. The Labute approximate surface area is 100 Å². The number of nitrogens with one attached hydrogen (secondary N) is 1. The number of rotatable bonds is 4. The van der Waals surface area contributed by atoms with Crippen molar-refractivity contribution in [3.05, 3.63) is 53.6 Å². The van der Waals surface area contributed by atoms with Gasteiger partial charge in [-0.15, -0.1) is 0 Å². The fourth-order valence-electron chi connectivity index (χ4n) is 1.91. The van der Waals surface area contributed by atoms with Gasteiger partial charge in [0.05, 0.1) is 12.2 Å². The first-order valence-corrected chi connectivity index (χ1v) is 5.68. The van der Waals surface area contributed by atoms with Gasteiger partial charge in [-0.3, -0.25) is 4.68 Å². The van der Waals surface area contributed by atoms with Crippen molar-refractivity contribution in [1.29, 1.82) is 0 Å². The number of aromatic nitrogens is 2. The van der Waals surface area contributed by atoms with Gasteiger partial charge in [0.1, 0.15) is 5.82 Å². The molecule has 1 N–H and O–H groups in total. The third-order valence-electron chi connectivity index (χ3n) is 2.65. The van der Waals surface area contributed by atoms with E-state index in [9.17, 15) is 4.39 Å². The summed E-state index contributed by atoms with van der Waals surface area (Å²) in [6.07, 6.45) is 3.75. The summed E-state index contributed by atoms with van der Waals surface area (Å²) in [5.74, 6) is -0.214. The zero-order valence-corrected chi connectivity index (χ0v) is 10.0. The Morgan fingerprint density at radius 1 is 1.41 bits per heavy atom. The molecule has 0 saturated carbocycles. The molecule has 0 aliphatic heterocycles. The van der Waals surface area contributed by atoms with Crippen LogP contribution in [-0.2, 0) is 7.05 Å². The number of benzene rings is 1. The summed E-state index contributed by atoms with van der Waals surface area (Å²) in [6.45, 7) is 2.85. The zero-order valence-electron chi connectivity index (χ0n) is 10.0. The molecule has 0 amide bonds. The molecule has 0 saturated heterocycles. The predicted molar refractivity (Wildman–Crippen MR) is 65.1 cm³/mol. The van der Waals surface area contributed by atoms with Gasteiger partial charge in [0.15, 0.2) is 0 Å². The van der Waals surface area contributed by atoms with Crippen LogP contribution in [0.4, 0.5) is 4.39 Å². The topological polar surface area (TPSA) is 29.9 Å². The molecule has 4 heteroatoms. The lowest BCUT2D eigenvalue weighted by Crippen LogP contribution is -2.21. The van der Waals surface area contributed by atoms with Gasteiger partial charge in [-0.25, -0.2) is 4.39 Å². The highest BCUT2D eigenvalue weighted by atomic mass is 19.1. The Hall–Kier alpha value is -1.68. The molecule has 2 rings (SSSR count). The summed E-state index contributed by atoms with van der Waals surface area (Å²) in [4.78, 5) is 0. The minimum atomic E-state index is -0.214. The summed E-state index contributed by atoms with van der Waals surface area (Å²) < 4.78 is 15.0. The first-order chi connectivity index (χ1) is 8.20. The lowest BCUT2D eigenvalue weighted by atomic mass is 10.0. The third-order valence-corrected chi connectivity index (χ3v) is 2.65. The minimum Gasteiger partial charge on any atom is -0.306 e. The SMILES string of the molecule is CCNC(c1cccc(F)c1)c1cnn(C)c1. The molecule has 1 atom stereocenters. The van der Waals surface area contributed by atoms with E-state index in [1.54, 1.807) is 23.0 Å². The molecule has 0 fully saturated rings. The molecule has 1 aromatic heterocycles. The molecular weight excluding hydrogens is 217 g/mol. The fraction of sp³-hybridized carbons (Fsp3) is 0.308. The highest BCUT2D eigenvalue weighted by molar-refractivity contribution is 5.29. The van der Waals surface area contributed by atoms with E-state index in [2.05, 4.69) is 10.4 Å². The first kappa shape index (κ1) is 11.8. The Bertz CT molecular complexity index is 493. The van der Waals surface area contributed by atoms with Gasteiger partial charge < -0.3 is 5.32 Å². The average Bonchev–Trinajstić information content (AvgIpc) is 2.72. The second-order valence-electron chi connectivity index (χ2n) is 3.99. The molecule has 0 aliphatic carbocycles. The summed E-state index contributed by atoms with van der Waals surface area (Å²) >= 11 is 0. The molecule has 1 unspecified atom stereocenters. The van der Waals surface area contributed by atoms with Crippen LogP contribution in [0.1, 0.15) is 24.1 Å². The number of aryl methyl sites for hydroxylation is 1. The molecule has 1 aromatic carbocycles. The van der Waals surface area contributed by atoms with Crippen LogP contribution in [-0.4, -0.2) is 16.3 Å². The number of halogens is 1. The van der Waals surface area contributed by atoms with Gasteiger partial charge in [-0.1, -0.05) is 19.1 Å². The summed E-state index contributed by atoms with van der Waals surface area (Å²) in [7, 11) is 1.87. The van der Waals surface area contributed by atoms with Crippen LogP contribution in [0, 0.1) is 5.82 Å². The van der Waals surface area contributed by atoms with Crippen molar-refractivity contribution in [2.24, 2.45) is 7.05 Å². The molecule has 2 aromatic rings. The Morgan fingerprint density at radius 2 is 2.24 bits per heavy atom. The molecule has 17 heavy (non-hydrogen) atoms. The predicted octanol–water partition coefficient (Wildman–Crippen LogP) is 2.26. The van der Waals surface area contributed by atoms with Gasteiger partial charge in [0.25, 0.3) is 0 Å². The van der Waals surface area contributed by atoms with Crippen LogP contribution in [0.25, 0.3) is 0 Å². The lowest BCUT2D eigenvalue weighted by molar-refractivity contribution is 0.603. The molecule has 0 spiro atoms. The van der Waals surface area contributed by atoms with Crippen molar-refractivity contribution in [1.82, 2.24) is 15.1 Å². The maximum atomic E-state index is 13.2. The van der Waals surface area contributed by atoms with Crippen LogP contribution in [0.5, 0.6) is 0 Å². The second-order valence-corrected chi connectivity index (χ2v) is 3.99. The van der Waals surface area contributed by atoms with Crippen LogP contribution < -0.4 is 5.32 Å². The van der Waals surface area contributed by atoms with E-state index in [-0.39, 0.29) is 11.9 Å². The van der Waals surface area contributed by atoms with Crippen molar-refractivity contribution in [2.75, 3.05) is 6.54 Å². The normalized spacial score (nSPS) is 12.6. The summed E-state index contributed by atoms with van der Waals surface area (Å²) in [5, 5.41) is 7.49. The van der Waals surface area contributed by atoms with E-state index in [1.807, 2.05) is 26.2 Å². The van der Waals surface area contributed by atoms with E-state index in [0.29, 0.717) is 0 Å². The van der Waals surface area contributed by atoms with Gasteiger partial charge in [-0.2, -0.15) is 5.10 Å². The van der Waals surface area contributed by atoms with Gasteiger partial charge in [0.2, 0.25) is 0 Å². The smallest absolute Gasteiger partial charge is 0.123 e. The quantitative estimate of drug-likeness (QED) is 0.877. The van der Waals surface area contributed by atoms with Gasteiger partial charge in [0, 0.05) is 18.8 Å².